The molecule has 0 spiro atoms. The first-order valence-electron chi connectivity index (χ1n) is 5.65. The molecule has 0 fully saturated rings. The maximum Gasteiger partial charge on any atom is 0.325 e. The number of rotatable bonds is 4. The summed E-state index contributed by atoms with van der Waals surface area (Å²) in [5.41, 5.74) is 2.14. The number of nitrogens with zero attached hydrogens (tertiary/aromatic N) is 2. The average molecular weight is 224 g/mol. The van der Waals surface area contributed by atoms with Crippen LogP contribution in [0.4, 0.5) is 0 Å². The molecule has 2 rings (SSSR count). The summed E-state index contributed by atoms with van der Waals surface area (Å²) in [6, 6.07) is 0. The van der Waals surface area contributed by atoms with Crippen LogP contribution in [-0.2, 0) is 24.2 Å². The molecule has 0 saturated heterocycles. The fraction of sp³-hybridized carbons (Fsp3) is 0.636. The third-order valence-electron chi connectivity index (χ3n) is 2.79. The summed E-state index contributed by atoms with van der Waals surface area (Å²) in [5, 5.41) is 13.0. The fourth-order valence-electron chi connectivity index (χ4n) is 2.15. The maximum absolute atomic E-state index is 10.7. The Balaban J connectivity index is 2.33. The number of ether oxygens (including phenoxy) is 1. The van der Waals surface area contributed by atoms with E-state index in [0.29, 0.717) is 12.5 Å². The number of carboxylic acids is 1. The molecule has 0 atom stereocenters. The van der Waals surface area contributed by atoms with Gasteiger partial charge in [0.15, 0.2) is 0 Å². The Hall–Kier alpha value is -1.52. The number of carboxylic acid groups (broad SMARTS) is 1. The molecule has 1 N–H and O–H groups in total. The third kappa shape index (κ3) is 2.03. The van der Waals surface area contributed by atoms with Gasteiger partial charge in [0.1, 0.15) is 6.54 Å². The highest BCUT2D eigenvalue weighted by Gasteiger charge is 2.22. The first kappa shape index (κ1) is 11.0. The highest BCUT2D eigenvalue weighted by Crippen LogP contribution is 2.29. The lowest BCUT2D eigenvalue weighted by Crippen LogP contribution is -2.15. The second kappa shape index (κ2) is 4.55. The van der Waals surface area contributed by atoms with Crippen molar-refractivity contribution in [3.63, 3.8) is 0 Å². The Bertz CT molecular complexity index is 398. The second-order valence-corrected chi connectivity index (χ2v) is 3.92. The van der Waals surface area contributed by atoms with Gasteiger partial charge in [0, 0.05) is 11.3 Å². The molecule has 5 heteroatoms. The third-order valence-corrected chi connectivity index (χ3v) is 2.79. The van der Waals surface area contributed by atoms with E-state index >= 15 is 0 Å². The predicted molar refractivity (Wildman–Crippen MR) is 57.7 cm³/mol. The lowest BCUT2D eigenvalue weighted by Gasteiger charge is -2.12. The molecule has 1 aliphatic rings. The van der Waals surface area contributed by atoms with Crippen LogP contribution in [0.15, 0.2) is 0 Å². The Kier molecular flexibility index (Phi) is 3.12. The molecular weight excluding hydrogens is 208 g/mol. The summed E-state index contributed by atoms with van der Waals surface area (Å²) in [6.07, 6.45) is 4.09. The van der Waals surface area contributed by atoms with Crippen molar-refractivity contribution in [2.75, 3.05) is 6.61 Å². The molecular formula is C11H16N2O3. The lowest BCUT2D eigenvalue weighted by atomic mass is 9.98. The molecule has 1 aromatic rings. The van der Waals surface area contributed by atoms with Crippen LogP contribution >= 0.6 is 0 Å². The van der Waals surface area contributed by atoms with Crippen molar-refractivity contribution in [2.45, 2.75) is 39.2 Å². The van der Waals surface area contributed by atoms with Gasteiger partial charge in [0.25, 0.3) is 0 Å². The summed E-state index contributed by atoms with van der Waals surface area (Å²) in [4.78, 5) is 10.7. The van der Waals surface area contributed by atoms with Crippen molar-refractivity contribution in [3.05, 3.63) is 11.3 Å². The Morgan fingerprint density at radius 1 is 1.50 bits per heavy atom. The van der Waals surface area contributed by atoms with Gasteiger partial charge < -0.3 is 9.84 Å². The molecule has 0 saturated carbocycles. The van der Waals surface area contributed by atoms with Crippen LogP contribution in [0.5, 0.6) is 5.88 Å². The zero-order valence-electron chi connectivity index (χ0n) is 9.40. The average Bonchev–Trinajstić information content (AvgIpc) is 2.58. The summed E-state index contributed by atoms with van der Waals surface area (Å²) in [5.74, 6) is -0.239. The maximum atomic E-state index is 10.7. The molecule has 0 amide bonds. The number of hydrogen-bond donors (Lipinski definition) is 1. The summed E-state index contributed by atoms with van der Waals surface area (Å²) >= 11 is 0. The topological polar surface area (TPSA) is 64.4 Å². The number of hydrogen-bond acceptors (Lipinski definition) is 3. The van der Waals surface area contributed by atoms with Gasteiger partial charge in [-0.2, -0.15) is 0 Å². The Morgan fingerprint density at radius 2 is 2.25 bits per heavy atom. The second-order valence-electron chi connectivity index (χ2n) is 3.92. The van der Waals surface area contributed by atoms with Gasteiger partial charge in [-0.15, -0.1) is 5.10 Å². The minimum atomic E-state index is -0.862. The van der Waals surface area contributed by atoms with E-state index in [-0.39, 0.29) is 6.54 Å². The van der Waals surface area contributed by atoms with Crippen LogP contribution < -0.4 is 4.74 Å². The van der Waals surface area contributed by atoms with E-state index in [1.165, 1.54) is 0 Å². The Labute approximate surface area is 94.0 Å². The molecule has 0 radical (unpaired) electrons. The van der Waals surface area contributed by atoms with Crippen molar-refractivity contribution in [1.82, 2.24) is 9.78 Å². The van der Waals surface area contributed by atoms with Crippen molar-refractivity contribution in [2.24, 2.45) is 0 Å². The smallest absolute Gasteiger partial charge is 0.325 e. The number of aliphatic carboxylic acids is 1. The van der Waals surface area contributed by atoms with Crippen molar-refractivity contribution in [3.8, 4) is 5.88 Å². The molecule has 1 aromatic heterocycles. The molecule has 1 heterocycles. The van der Waals surface area contributed by atoms with Gasteiger partial charge in [0.2, 0.25) is 5.88 Å². The van der Waals surface area contributed by atoms with Crippen molar-refractivity contribution in [1.29, 1.82) is 0 Å². The summed E-state index contributed by atoms with van der Waals surface area (Å²) < 4.78 is 7.01. The minimum absolute atomic E-state index is 0.0740. The van der Waals surface area contributed by atoms with E-state index in [1.807, 2.05) is 6.92 Å². The molecule has 0 bridgehead atoms. The first-order valence-corrected chi connectivity index (χ1v) is 5.65. The van der Waals surface area contributed by atoms with Gasteiger partial charge in [-0.25, -0.2) is 0 Å². The van der Waals surface area contributed by atoms with Crippen LogP contribution in [0, 0.1) is 0 Å². The standard InChI is InChI=1S/C11H16N2O3/c1-2-16-11-8-5-3-4-6-9(8)13(12-11)7-10(14)15/h2-7H2,1H3,(H,14,15). The number of fused-ring (bicyclic) bond motifs is 1. The van der Waals surface area contributed by atoms with E-state index in [9.17, 15) is 4.79 Å². The monoisotopic (exact) mass is 224 g/mol. The summed E-state index contributed by atoms with van der Waals surface area (Å²) in [6.45, 7) is 2.40. The minimum Gasteiger partial charge on any atom is -0.480 e. The highest BCUT2D eigenvalue weighted by atomic mass is 16.5. The van der Waals surface area contributed by atoms with Gasteiger partial charge >= 0.3 is 5.97 Å². The van der Waals surface area contributed by atoms with E-state index in [2.05, 4.69) is 5.10 Å². The predicted octanol–water partition coefficient (Wildman–Crippen LogP) is 1.25. The molecule has 0 unspecified atom stereocenters. The van der Waals surface area contributed by atoms with E-state index in [4.69, 9.17) is 9.84 Å². The van der Waals surface area contributed by atoms with Crippen molar-refractivity contribution < 1.29 is 14.6 Å². The molecule has 0 aromatic carbocycles. The van der Waals surface area contributed by atoms with Crippen LogP contribution in [0.1, 0.15) is 31.0 Å². The number of aromatic nitrogens is 2. The van der Waals surface area contributed by atoms with Crippen LogP contribution in [-0.4, -0.2) is 27.5 Å². The first-order chi connectivity index (χ1) is 7.72. The largest absolute Gasteiger partial charge is 0.480 e. The SMILES string of the molecule is CCOc1nn(CC(=O)O)c2c1CCCC2. The lowest BCUT2D eigenvalue weighted by molar-refractivity contribution is -0.137. The van der Waals surface area contributed by atoms with Gasteiger partial charge in [-0.05, 0) is 32.6 Å². The number of carbonyl (C=O) groups is 1. The zero-order chi connectivity index (χ0) is 11.5. The van der Waals surface area contributed by atoms with Crippen LogP contribution in [0.25, 0.3) is 0 Å². The quantitative estimate of drug-likeness (QED) is 0.835. The molecule has 88 valence electrons. The van der Waals surface area contributed by atoms with Gasteiger partial charge in [-0.1, -0.05) is 0 Å². The van der Waals surface area contributed by atoms with Crippen molar-refractivity contribution >= 4 is 5.97 Å². The highest BCUT2D eigenvalue weighted by molar-refractivity contribution is 5.66. The van der Waals surface area contributed by atoms with E-state index < -0.39 is 5.97 Å². The normalized spacial score (nSPS) is 14.6. The van der Waals surface area contributed by atoms with Crippen LogP contribution in [0.3, 0.4) is 0 Å². The summed E-state index contributed by atoms with van der Waals surface area (Å²) in [7, 11) is 0. The van der Waals surface area contributed by atoms with E-state index in [1.54, 1.807) is 4.68 Å². The molecule has 0 aliphatic heterocycles. The molecule has 5 nitrogen and oxygen atoms in total. The molecule has 16 heavy (non-hydrogen) atoms. The van der Waals surface area contributed by atoms with E-state index in [0.717, 1.165) is 36.9 Å². The van der Waals surface area contributed by atoms with Crippen LogP contribution in [0.2, 0.25) is 0 Å². The fourth-order valence-corrected chi connectivity index (χ4v) is 2.15. The zero-order valence-corrected chi connectivity index (χ0v) is 9.40. The molecule has 1 aliphatic carbocycles. The van der Waals surface area contributed by atoms with Gasteiger partial charge in [-0.3, -0.25) is 9.48 Å². The Morgan fingerprint density at radius 3 is 2.94 bits per heavy atom. The van der Waals surface area contributed by atoms with Gasteiger partial charge in [0.05, 0.1) is 6.61 Å².